The van der Waals surface area contributed by atoms with Crippen molar-refractivity contribution >= 4 is 22.4 Å². The van der Waals surface area contributed by atoms with Crippen LogP contribution in [0.2, 0.25) is 0 Å². The molecule has 0 bridgehead atoms. The van der Waals surface area contributed by atoms with E-state index in [0.29, 0.717) is 0 Å². The van der Waals surface area contributed by atoms with Gasteiger partial charge in [-0.25, -0.2) is 4.79 Å². The molecule has 0 spiro atoms. The zero-order valence-corrected chi connectivity index (χ0v) is 10.3. The van der Waals surface area contributed by atoms with E-state index < -0.39 is 0 Å². The van der Waals surface area contributed by atoms with Crippen molar-refractivity contribution in [3.8, 4) is 0 Å². The summed E-state index contributed by atoms with van der Waals surface area (Å²) >= 11 is 1.50. The predicted octanol–water partition coefficient (Wildman–Crippen LogP) is 3.63. The summed E-state index contributed by atoms with van der Waals surface area (Å²) in [6.07, 6.45) is 0. The number of hydrogen-bond donors (Lipinski definition) is 2. The number of urea groups is 1. The topological polar surface area (TPSA) is 41.1 Å². The van der Waals surface area contributed by atoms with Crippen LogP contribution in [0.1, 0.15) is 18.5 Å². The molecule has 1 aromatic carbocycles. The third-order valence-electron chi connectivity index (χ3n) is 2.41. The summed E-state index contributed by atoms with van der Waals surface area (Å²) in [6.45, 7) is 1.96. The Kier molecular flexibility index (Phi) is 3.77. The number of carbonyl (C=O) groups is 1. The number of hydrogen-bond acceptors (Lipinski definition) is 2. The largest absolute Gasteiger partial charge is 0.331 e. The fourth-order valence-corrected chi connectivity index (χ4v) is 2.13. The third-order valence-corrected chi connectivity index (χ3v) is 3.19. The highest BCUT2D eigenvalue weighted by atomic mass is 32.1. The van der Waals surface area contributed by atoms with E-state index in [-0.39, 0.29) is 12.1 Å². The molecule has 0 saturated carbocycles. The number of rotatable bonds is 3. The SMILES string of the molecule is C[C@H](NC(=O)Nc1cccs1)c1ccccc1. The van der Waals surface area contributed by atoms with Crippen LogP contribution in [0.15, 0.2) is 47.8 Å². The first-order valence-corrected chi connectivity index (χ1v) is 6.29. The quantitative estimate of drug-likeness (QED) is 0.853. The van der Waals surface area contributed by atoms with Crippen molar-refractivity contribution in [3.05, 3.63) is 53.4 Å². The Bertz CT molecular complexity index is 467. The van der Waals surface area contributed by atoms with Crippen LogP contribution in [-0.2, 0) is 0 Å². The van der Waals surface area contributed by atoms with Gasteiger partial charge in [-0.3, -0.25) is 5.32 Å². The lowest BCUT2D eigenvalue weighted by Gasteiger charge is -2.14. The van der Waals surface area contributed by atoms with Crippen molar-refractivity contribution in [2.45, 2.75) is 13.0 Å². The van der Waals surface area contributed by atoms with Gasteiger partial charge in [-0.1, -0.05) is 30.3 Å². The molecule has 4 heteroatoms. The molecule has 1 heterocycles. The molecule has 17 heavy (non-hydrogen) atoms. The molecule has 2 N–H and O–H groups in total. The number of anilines is 1. The van der Waals surface area contributed by atoms with Gasteiger partial charge in [-0.15, -0.1) is 11.3 Å². The summed E-state index contributed by atoms with van der Waals surface area (Å²) in [7, 11) is 0. The minimum atomic E-state index is -0.177. The Morgan fingerprint density at radius 3 is 2.59 bits per heavy atom. The molecule has 0 aliphatic heterocycles. The van der Waals surface area contributed by atoms with Crippen LogP contribution >= 0.6 is 11.3 Å². The summed E-state index contributed by atoms with van der Waals surface area (Å²) in [5.74, 6) is 0. The summed E-state index contributed by atoms with van der Waals surface area (Å²) in [4.78, 5) is 11.7. The van der Waals surface area contributed by atoms with Crippen molar-refractivity contribution in [1.29, 1.82) is 0 Å². The number of carbonyl (C=O) groups excluding carboxylic acids is 1. The molecule has 0 aliphatic carbocycles. The molecule has 2 rings (SSSR count). The van der Waals surface area contributed by atoms with Crippen LogP contribution in [0, 0.1) is 0 Å². The van der Waals surface area contributed by atoms with Crippen molar-refractivity contribution in [3.63, 3.8) is 0 Å². The van der Waals surface area contributed by atoms with Gasteiger partial charge >= 0.3 is 6.03 Å². The van der Waals surface area contributed by atoms with E-state index in [4.69, 9.17) is 0 Å². The van der Waals surface area contributed by atoms with E-state index in [0.717, 1.165) is 10.6 Å². The zero-order chi connectivity index (χ0) is 12.1. The second kappa shape index (κ2) is 5.50. The first-order valence-electron chi connectivity index (χ1n) is 5.41. The first kappa shape index (κ1) is 11.7. The van der Waals surface area contributed by atoms with Crippen LogP contribution in [0.4, 0.5) is 9.80 Å². The van der Waals surface area contributed by atoms with Crippen LogP contribution in [0.25, 0.3) is 0 Å². The minimum absolute atomic E-state index is 0.00355. The van der Waals surface area contributed by atoms with Gasteiger partial charge in [0.1, 0.15) is 0 Å². The molecule has 0 radical (unpaired) electrons. The average Bonchev–Trinajstić information content (AvgIpc) is 2.82. The number of benzene rings is 1. The molecule has 0 fully saturated rings. The van der Waals surface area contributed by atoms with Gasteiger partial charge in [-0.2, -0.15) is 0 Å². The van der Waals surface area contributed by atoms with Crippen molar-refractivity contribution in [2.75, 3.05) is 5.32 Å². The molecule has 2 amide bonds. The zero-order valence-electron chi connectivity index (χ0n) is 9.51. The molecular weight excluding hydrogens is 232 g/mol. The van der Waals surface area contributed by atoms with Gasteiger partial charge < -0.3 is 5.32 Å². The monoisotopic (exact) mass is 246 g/mol. The highest BCUT2D eigenvalue weighted by Crippen LogP contribution is 2.16. The van der Waals surface area contributed by atoms with Gasteiger partial charge in [0.05, 0.1) is 11.0 Å². The number of thiophene rings is 1. The summed E-state index contributed by atoms with van der Waals surface area (Å²) in [6, 6.07) is 13.5. The molecule has 0 aliphatic rings. The molecular formula is C13H14N2OS. The normalized spacial score (nSPS) is 11.8. The summed E-state index contributed by atoms with van der Waals surface area (Å²) in [5.41, 5.74) is 1.09. The molecule has 2 aromatic rings. The summed E-state index contributed by atoms with van der Waals surface area (Å²) in [5, 5.41) is 8.46. The third kappa shape index (κ3) is 3.32. The van der Waals surface area contributed by atoms with Crippen molar-refractivity contribution < 1.29 is 4.79 Å². The Morgan fingerprint density at radius 1 is 1.18 bits per heavy atom. The van der Waals surface area contributed by atoms with Crippen LogP contribution in [0.5, 0.6) is 0 Å². The van der Waals surface area contributed by atoms with E-state index in [2.05, 4.69) is 10.6 Å². The Hall–Kier alpha value is -1.81. The van der Waals surface area contributed by atoms with Gasteiger partial charge in [-0.05, 0) is 30.0 Å². The highest BCUT2D eigenvalue weighted by Gasteiger charge is 2.08. The molecule has 3 nitrogen and oxygen atoms in total. The number of nitrogens with one attached hydrogen (secondary N) is 2. The first-order chi connectivity index (χ1) is 8.25. The standard InChI is InChI=1S/C13H14N2OS/c1-10(11-6-3-2-4-7-11)14-13(16)15-12-8-5-9-17-12/h2-10H,1H3,(H2,14,15,16)/t10-/m0/s1. The van der Waals surface area contributed by atoms with E-state index >= 15 is 0 Å². The average molecular weight is 246 g/mol. The fourth-order valence-electron chi connectivity index (χ4n) is 1.52. The van der Waals surface area contributed by atoms with Crippen molar-refractivity contribution in [1.82, 2.24) is 5.32 Å². The number of amides is 2. The maximum Gasteiger partial charge on any atom is 0.320 e. The van der Waals surface area contributed by atoms with Crippen molar-refractivity contribution in [2.24, 2.45) is 0 Å². The van der Waals surface area contributed by atoms with E-state index in [1.165, 1.54) is 11.3 Å². The highest BCUT2D eigenvalue weighted by molar-refractivity contribution is 7.14. The smallest absolute Gasteiger partial charge is 0.320 e. The predicted molar refractivity (Wildman–Crippen MR) is 71.3 cm³/mol. The summed E-state index contributed by atoms with van der Waals surface area (Å²) < 4.78 is 0. The Morgan fingerprint density at radius 2 is 1.94 bits per heavy atom. The lowest BCUT2D eigenvalue weighted by Crippen LogP contribution is -2.30. The second-order valence-electron chi connectivity index (χ2n) is 3.71. The Balaban J connectivity index is 1.91. The van der Waals surface area contributed by atoms with Crippen LogP contribution < -0.4 is 10.6 Å². The van der Waals surface area contributed by atoms with Crippen LogP contribution in [-0.4, -0.2) is 6.03 Å². The van der Waals surface area contributed by atoms with Gasteiger partial charge in [0.15, 0.2) is 0 Å². The molecule has 0 unspecified atom stereocenters. The maximum atomic E-state index is 11.7. The van der Waals surface area contributed by atoms with E-state index in [1.807, 2.05) is 54.8 Å². The lowest BCUT2D eigenvalue weighted by atomic mass is 10.1. The molecule has 88 valence electrons. The van der Waals surface area contributed by atoms with E-state index in [9.17, 15) is 4.79 Å². The molecule has 0 saturated heterocycles. The van der Waals surface area contributed by atoms with Gasteiger partial charge in [0.25, 0.3) is 0 Å². The minimum Gasteiger partial charge on any atom is -0.331 e. The second-order valence-corrected chi connectivity index (χ2v) is 4.66. The lowest BCUT2D eigenvalue weighted by molar-refractivity contribution is 0.249. The Labute approximate surface area is 104 Å². The van der Waals surface area contributed by atoms with Gasteiger partial charge in [0.2, 0.25) is 0 Å². The van der Waals surface area contributed by atoms with Crippen LogP contribution in [0.3, 0.4) is 0 Å². The fraction of sp³-hybridized carbons (Fsp3) is 0.154. The maximum absolute atomic E-state index is 11.7. The van der Waals surface area contributed by atoms with Gasteiger partial charge in [0, 0.05) is 0 Å². The molecule has 1 atom stereocenters. The van der Waals surface area contributed by atoms with E-state index in [1.54, 1.807) is 0 Å². The molecule has 1 aromatic heterocycles.